The first-order valence-electron chi connectivity index (χ1n) is 7.39. The van der Waals surface area contributed by atoms with Crippen molar-refractivity contribution in [1.82, 2.24) is 14.7 Å². The number of hydrogen-bond donors (Lipinski definition) is 0. The summed E-state index contributed by atoms with van der Waals surface area (Å²) in [5, 5.41) is 4.72. The molecule has 0 unspecified atom stereocenters. The molecule has 0 atom stereocenters. The zero-order valence-corrected chi connectivity index (χ0v) is 16.5. The standard InChI is InChI=1S/C16H28IN3/c1-10(2)20-15(5,6)11-12(19(9)18-13(11)17)14(3,4)16(20,7)8/h10H,1-9H3. The summed E-state index contributed by atoms with van der Waals surface area (Å²) < 4.78 is 3.23. The van der Waals surface area contributed by atoms with Gasteiger partial charge in [0.2, 0.25) is 0 Å². The summed E-state index contributed by atoms with van der Waals surface area (Å²) >= 11 is 2.39. The smallest absolute Gasteiger partial charge is 0.128 e. The number of fused-ring (bicyclic) bond motifs is 1. The van der Waals surface area contributed by atoms with Crippen LogP contribution in [-0.4, -0.2) is 26.3 Å². The van der Waals surface area contributed by atoms with Crippen molar-refractivity contribution in [2.45, 2.75) is 77.9 Å². The third kappa shape index (κ3) is 1.83. The van der Waals surface area contributed by atoms with Crippen molar-refractivity contribution in [1.29, 1.82) is 0 Å². The first kappa shape index (κ1) is 16.3. The zero-order valence-electron chi connectivity index (χ0n) is 14.3. The summed E-state index contributed by atoms with van der Waals surface area (Å²) in [7, 11) is 2.08. The lowest BCUT2D eigenvalue weighted by Gasteiger charge is -2.61. The van der Waals surface area contributed by atoms with Crippen LogP contribution in [0.3, 0.4) is 0 Å². The fourth-order valence-corrected chi connectivity index (χ4v) is 5.69. The van der Waals surface area contributed by atoms with E-state index in [0.717, 1.165) is 3.70 Å². The van der Waals surface area contributed by atoms with Gasteiger partial charge in [0, 0.05) is 35.1 Å². The molecule has 2 rings (SSSR count). The van der Waals surface area contributed by atoms with Crippen LogP contribution in [0.2, 0.25) is 0 Å². The van der Waals surface area contributed by atoms with Crippen molar-refractivity contribution in [3.05, 3.63) is 15.0 Å². The van der Waals surface area contributed by atoms with Crippen LogP contribution in [0.1, 0.15) is 66.6 Å². The summed E-state index contributed by atoms with van der Waals surface area (Å²) in [6.45, 7) is 18.7. The van der Waals surface area contributed by atoms with Crippen LogP contribution in [0.4, 0.5) is 0 Å². The van der Waals surface area contributed by atoms with Crippen LogP contribution in [0.25, 0.3) is 0 Å². The lowest BCUT2D eigenvalue weighted by atomic mass is 9.62. The Morgan fingerprint density at radius 3 is 2.00 bits per heavy atom. The van der Waals surface area contributed by atoms with E-state index >= 15 is 0 Å². The van der Waals surface area contributed by atoms with Gasteiger partial charge in [0.05, 0.1) is 5.69 Å². The number of aromatic nitrogens is 2. The maximum absolute atomic E-state index is 4.72. The highest BCUT2D eigenvalue weighted by atomic mass is 127. The second-order valence-corrected chi connectivity index (χ2v) is 8.87. The molecule has 0 spiro atoms. The highest BCUT2D eigenvalue weighted by molar-refractivity contribution is 14.1. The molecule has 2 heterocycles. The number of rotatable bonds is 1. The van der Waals surface area contributed by atoms with Crippen LogP contribution >= 0.6 is 22.6 Å². The molecule has 3 nitrogen and oxygen atoms in total. The Bertz CT molecular complexity index is 538. The number of halogens is 1. The molecule has 0 aromatic carbocycles. The number of nitrogens with zero attached hydrogens (tertiary/aromatic N) is 3. The molecule has 1 aromatic rings. The van der Waals surface area contributed by atoms with E-state index < -0.39 is 0 Å². The van der Waals surface area contributed by atoms with Gasteiger partial charge in [-0.1, -0.05) is 13.8 Å². The Balaban J connectivity index is 2.87. The summed E-state index contributed by atoms with van der Waals surface area (Å²) in [6, 6.07) is 0.489. The minimum atomic E-state index is -0.00664. The van der Waals surface area contributed by atoms with Crippen molar-refractivity contribution < 1.29 is 0 Å². The van der Waals surface area contributed by atoms with Crippen LogP contribution < -0.4 is 0 Å². The van der Waals surface area contributed by atoms with Crippen molar-refractivity contribution in [2.24, 2.45) is 7.05 Å². The largest absolute Gasteiger partial charge is 0.286 e. The zero-order chi connectivity index (χ0) is 15.7. The molecule has 114 valence electrons. The minimum Gasteiger partial charge on any atom is -0.286 e. The Hall–Kier alpha value is -0.100. The Kier molecular flexibility index (Phi) is 3.62. The molecule has 4 heteroatoms. The minimum absolute atomic E-state index is 0.00664. The van der Waals surface area contributed by atoms with E-state index in [9.17, 15) is 0 Å². The van der Waals surface area contributed by atoms with E-state index in [1.54, 1.807) is 0 Å². The van der Waals surface area contributed by atoms with Gasteiger partial charge < -0.3 is 0 Å². The molecule has 0 N–H and O–H groups in total. The predicted octanol–water partition coefficient (Wildman–Crippen LogP) is 4.04. The second-order valence-electron chi connectivity index (χ2n) is 7.84. The molecule has 0 saturated carbocycles. The van der Waals surface area contributed by atoms with Crippen LogP contribution in [0, 0.1) is 3.70 Å². The summed E-state index contributed by atoms with van der Waals surface area (Å²) in [4.78, 5) is 2.66. The number of aryl methyl sites for hydroxylation is 1. The summed E-state index contributed by atoms with van der Waals surface area (Å²) in [6.07, 6.45) is 0. The molecule has 1 aromatic heterocycles. The van der Waals surface area contributed by atoms with Crippen LogP contribution in [0.5, 0.6) is 0 Å². The molecule has 1 aliphatic heterocycles. The van der Waals surface area contributed by atoms with Crippen LogP contribution in [-0.2, 0) is 18.0 Å². The third-order valence-corrected chi connectivity index (χ3v) is 6.21. The SMILES string of the molecule is CC(C)N1C(C)(C)c2c(I)nn(C)c2C(C)(C)C1(C)C. The molecule has 0 amide bonds. The van der Waals surface area contributed by atoms with Crippen molar-refractivity contribution in [3.63, 3.8) is 0 Å². The van der Waals surface area contributed by atoms with Gasteiger partial charge in [0.15, 0.2) is 0 Å². The fraction of sp³-hybridized carbons (Fsp3) is 0.812. The van der Waals surface area contributed by atoms with Crippen LogP contribution in [0.15, 0.2) is 0 Å². The van der Waals surface area contributed by atoms with E-state index in [2.05, 4.69) is 94.6 Å². The average Bonchev–Trinajstić information content (AvgIpc) is 2.50. The van der Waals surface area contributed by atoms with Gasteiger partial charge in [0.1, 0.15) is 3.70 Å². The maximum Gasteiger partial charge on any atom is 0.128 e. The fourth-order valence-electron chi connectivity index (χ4n) is 4.45. The van der Waals surface area contributed by atoms with Gasteiger partial charge in [0.25, 0.3) is 0 Å². The van der Waals surface area contributed by atoms with Crippen molar-refractivity contribution in [3.8, 4) is 0 Å². The lowest BCUT2D eigenvalue weighted by molar-refractivity contribution is -0.0718. The first-order chi connectivity index (χ1) is 8.86. The molecular weight excluding hydrogens is 361 g/mol. The lowest BCUT2D eigenvalue weighted by Crippen LogP contribution is -2.68. The predicted molar refractivity (Wildman–Crippen MR) is 93.0 cm³/mol. The maximum atomic E-state index is 4.72. The van der Waals surface area contributed by atoms with E-state index in [1.807, 2.05) is 0 Å². The van der Waals surface area contributed by atoms with Gasteiger partial charge in [-0.05, 0) is 64.1 Å². The van der Waals surface area contributed by atoms with E-state index in [4.69, 9.17) is 5.10 Å². The van der Waals surface area contributed by atoms with E-state index in [0.29, 0.717) is 6.04 Å². The normalized spacial score (nSPS) is 23.9. The van der Waals surface area contributed by atoms with Gasteiger partial charge >= 0.3 is 0 Å². The van der Waals surface area contributed by atoms with Gasteiger partial charge in [-0.25, -0.2) is 0 Å². The molecule has 0 bridgehead atoms. The molecule has 1 aliphatic rings. The van der Waals surface area contributed by atoms with Crippen molar-refractivity contribution >= 4 is 22.6 Å². The molecular formula is C16H28IN3. The number of hydrogen-bond acceptors (Lipinski definition) is 2. The third-order valence-electron chi connectivity index (χ3n) is 5.46. The average molecular weight is 389 g/mol. The molecule has 20 heavy (non-hydrogen) atoms. The van der Waals surface area contributed by atoms with Gasteiger partial charge in [-0.15, -0.1) is 0 Å². The summed E-state index contributed by atoms with van der Waals surface area (Å²) in [5.41, 5.74) is 2.89. The Labute approximate surface area is 137 Å². The van der Waals surface area contributed by atoms with E-state index in [-0.39, 0.29) is 16.5 Å². The molecule has 0 saturated heterocycles. The highest BCUT2D eigenvalue weighted by Crippen LogP contribution is 2.53. The Morgan fingerprint density at radius 1 is 1.05 bits per heavy atom. The molecule has 0 radical (unpaired) electrons. The highest BCUT2D eigenvalue weighted by Gasteiger charge is 2.57. The van der Waals surface area contributed by atoms with Gasteiger partial charge in [-0.2, -0.15) is 5.10 Å². The van der Waals surface area contributed by atoms with E-state index in [1.165, 1.54) is 11.3 Å². The van der Waals surface area contributed by atoms with Gasteiger partial charge in [-0.3, -0.25) is 9.58 Å². The topological polar surface area (TPSA) is 21.1 Å². The summed E-state index contributed by atoms with van der Waals surface area (Å²) in [5.74, 6) is 0. The molecule has 0 aliphatic carbocycles. The quantitative estimate of drug-likeness (QED) is 0.676. The monoisotopic (exact) mass is 389 g/mol. The second kappa shape index (κ2) is 4.45. The molecule has 0 fully saturated rings. The Morgan fingerprint density at radius 2 is 1.55 bits per heavy atom. The van der Waals surface area contributed by atoms with Crippen molar-refractivity contribution in [2.75, 3.05) is 0 Å². The first-order valence-corrected chi connectivity index (χ1v) is 8.47.